The van der Waals surface area contributed by atoms with E-state index in [1.54, 1.807) is 0 Å². The fourth-order valence-electron chi connectivity index (χ4n) is 2.66. The summed E-state index contributed by atoms with van der Waals surface area (Å²) in [5.41, 5.74) is -1.02. The molecule has 0 saturated heterocycles. The number of aromatic hydroxyl groups is 2. The smallest absolute Gasteiger partial charge is 0.744 e. The zero-order valence-corrected chi connectivity index (χ0v) is 23.7. The zero-order chi connectivity index (χ0) is 24.1. The molecule has 170 valence electrons. The summed E-state index contributed by atoms with van der Waals surface area (Å²) >= 11 is 0. The van der Waals surface area contributed by atoms with Gasteiger partial charge in [0.1, 0.15) is 41.8 Å². The molecule has 0 aromatic heterocycles. The van der Waals surface area contributed by atoms with Crippen LogP contribution in [-0.2, 0) is 30.4 Å². The summed E-state index contributed by atoms with van der Waals surface area (Å²) in [4.78, 5) is -2.68. The van der Waals surface area contributed by atoms with E-state index in [0.717, 1.165) is 24.3 Å². The number of phenols is 2. The third-order valence-corrected chi connectivity index (χ3v) is 6.56. The summed E-state index contributed by atoms with van der Waals surface area (Å²) in [7, 11) is -15.1. The average molecular weight is 547 g/mol. The van der Waals surface area contributed by atoms with E-state index in [2.05, 4.69) is 10.2 Å². The summed E-state index contributed by atoms with van der Waals surface area (Å²) in [5, 5.41) is 26.5. The second-order valence-electron chi connectivity index (χ2n) is 6.17. The molecule has 0 unspecified atom stereocenters. The SMILES string of the molecule is O=S(=O)([O-])c1ccc(N=Nc2c(S(=O)(=O)[O-])cc3cc(S(=O)(=O)[O-])cc(O)c3c2O)cc1.[Na+].[Na+]. The van der Waals surface area contributed by atoms with Gasteiger partial charge in [0.25, 0.3) is 0 Å². The summed E-state index contributed by atoms with van der Waals surface area (Å²) in [6, 6.07) is 5.58. The van der Waals surface area contributed by atoms with Gasteiger partial charge in [0.15, 0.2) is 5.75 Å². The number of nitrogens with zero attached hydrogens (tertiary/aromatic N) is 2. The van der Waals surface area contributed by atoms with Crippen LogP contribution in [0, 0.1) is 0 Å². The average Bonchev–Trinajstić information content (AvgIpc) is 2.64. The Bertz CT molecular complexity index is 1600. The van der Waals surface area contributed by atoms with E-state index in [1.807, 2.05) is 0 Å². The molecule has 18 heteroatoms. The van der Waals surface area contributed by atoms with Crippen LogP contribution in [0.3, 0.4) is 0 Å². The van der Waals surface area contributed by atoms with Crippen LogP contribution in [0.1, 0.15) is 0 Å². The van der Waals surface area contributed by atoms with Gasteiger partial charge in [-0.3, -0.25) is 0 Å². The fraction of sp³-hybridized carbons (Fsp3) is 0. The second-order valence-corrected chi connectivity index (χ2v) is 10.3. The molecule has 34 heavy (non-hydrogen) atoms. The van der Waals surface area contributed by atoms with Gasteiger partial charge in [0, 0.05) is 0 Å². The van der Waals surface area contributed by atoms with Gasteiger partial charge in [-0.2, -0.15) is 5.11 Å². The summed E-state index contributed by atoms with van der Waals surface area (Å²) in [6.45, 7) is 0. The normalized spacial score (nSPS) is 12.3. The molecule has 0 heterocycles. The Labute approximate surface area is 237 Å². The number of hydrogen-bond acceptors (Lipinski definition) is 13. The van der Waals surface area contributed by atoms with Crippen LogP contribution in [0.15, 0.2) is 67.4 Å². The first-order valence-corrected chi connectivity index (χ1v) is 12.2. The molecule has 0 amide bonds. The topological polar surface area (TPSA) is 237 Å². The Hall–Kier alpha value is -1.15. The van der Waals surface area contributed by atoms with E-state index in [9.17, 15) is 49.1 Å². The van der Waals surface area contributed by atoms with Crippen LogP contribution < -0.4 is 59.1 Å². The van der Waals surface area contributed by atoms with E-state index in [4.69, 9.17) is 0 Å². The van der Waals surface area contributed by atoms with Crippen LogP contribution >= 0.6 is 0 Å². The minimum Gasteiger partial charge on any atom is -0.744 e. The Balaban J connectivity index is 0.00000289. The van der Waals surface area contributed by atoms with E-state index in [1.165, 1.54) is 0 Å². The maximum Gasteiger partial charge on any atom is 1.00 e. The van der Waals surface area contributed by atoms with E-state index < -0.39 is 73.0 Å². The largest absolute Gasteiger partial charge is 1.00 e. The number of hydrogen-bond donors (Lipinski definition) is 2. The molecule has 0 aliphatic rings. The second kappa shape index (κ2) is 10.9. The quantitative estimate of drug-likeness (QED) is 0.175. The summed E-state index contributed by atoms with van der Waals surface area (Å²) in [5.74, 6) is -1.99. The molecule has 0 aliphatic heterocycles. The van der Waals surface area contributed by atoms with Gasteiger partial charge in [-0.1, -0.05) is 0 Å². The number of phenolic OH excluding ortho intramolecular Hbond substituents is 2. The molecule has 0 spiro atoms. The van der Waals surface area contributed by atoms with Crippen LogP contribution in [0.4, 0.5) is 11.4 Å². The van der Waals surface area contributed by atoms with Crippen molar-refractivity contribution in [3.05, 3.63) is 42.5 Å². The number of rotatable bonds is 5. The minimum atomic E-state index is -5.33. The van der Waals surface area contributed by atoms with Crippen molar-refractivity contribution in [2.24, 2.45) is 10.2 Å². The molecule has 13 nitrogen and oxygen atoms in total. The van der Waals surface area contributed by atoms with Crippen molar-refractivity contribution in [1.82, 2.24) is 0 Å². The fourth-order valence-corrected chi connectivity index (χ4v) is 4.30. The van der Waals surface area contributed by atoms with Crippen LogP contribution in [0.25, 0.3) is 10.8 Å². The molecule has 3 aromatic rings. The maximum atomic E-state index is 11.7. The molecule has 3 aromatic carbocycles. The molecule has 3 rings (SSSR count). The van der Waals surface area contributed by atoms with Crippen molar-refractivity contribution in [3.8, 4) is 11.5 Å². The first-order valence-electron chi connectivity index (χ1n) is 8.01. The molecule has 0 radical (unpaired) electrons. The predicted octanol–water partition coefficient (Wildman–Crippen LogP) is -4.61. The van der Waals surface area contributed by atoms with Crippen molar-refractivity contribution in [2.45, 2.75) is 14.7 Å². The predicted molar refractivity (Wildman–Crippen MR) is 102 cm³/mol. The first-order chi connectivity index (χ1) is 14.6. The van der Waals surface area contributed by atoms with Gasteiger partial charge < -0.3 is 23.9 Å². The molecule has 0 aliphatic carbocycles. The van der Waals surface area contributed by atoms with Crippen molar-refractivity contribution >= 4 is 52.5 Å². The molecule has 2 N–H and O–H groups in total. The van der Waals surface area contributed by atoms with Gasteiger partial charge in [-0.15, -0.1) is 5.11 Å². The van der Waals surface area contributed by atoms with E-state index >= 15 is 0 Å². The van der Waals surface area contributed by atoms with Gasteiger partial charge >= 0.3 is 59.1 Å². The van der Waals surface area contributed by atoms with Gasteiger partial charge in [0.2, 0.25) is 0 Å². The van der Waals surface area contributed by atoms with Gasteiger partial charge in [-0.05, 0) is 47.9 Å². The first kappa shape index (κ1) is 30.9. The monoisotopic (exact) mass is 547 g/mol. The van der Waals surface area contributed by atoms with E-state index in [0.29, 0.717) is 18.2 Å². The Morgan fingerprint density at radius 1 is 0.676 bits per heavy atom. The molecule has 0 bridgehead atoms. The molecule has 0 atom stereocenters. The Kier molecular flexibility index (Phi) is 9.86. The zero-order valence-electron chi connectivity index (χ0n) is 17.2. The number of fused-ring (bicyclic) bond motifs is 1. The summed E-state index contributed by atoms with van der Waals surface area (Å²) in [6.07, 6.45) is 0. The molecule has 0 saturated carbocycles. The van der Waals surface area contributed by atoms with Crippen LogP contribution in [0.2, 0.25) is 0 Å². The molecular formula is C16H9N2Na2O11S3-. The summed E-state index contributed by atoms with van der Waals surface area (Å²) < 4.78 is 101. The van der Waals surface area contributed by atoms with Crippen molar-refractivity contribution < 1.29 is 108 Å². The van der Waals surface area contributed by atoms with Gasteiger partial charge in [0.05, 0.1) is 25.8 Å². The van der Waals surface area contributed by atoms with E-state index in [-0.39, 0.29) is 64.8 Å². The molecule has 0 fully saturated rings. The van der Waals surface area contributed by atoms with Crippen LogP contribution in [0.5, 0.6) is 11.5 Å². The maximum absolute atomic E-state index is 11.7. The third-order valence-electron chi connectivity index (χ3n) is 4.05. The van der Waals surface area contributed by atoms with Crippen molar-refractivity contribution in [1.29, 1.82) is 0 Å². The van der Waals surface area contributed by atoms with Crippen LogP contribution in [-0.4, -0.2) is 49.1 Å². The molecular weight excluding hydrogens is 538 g/mol. The van der Waals surface area contributed by atoms with Crippen molar-refractivity contribution in [3.63, 3.8) is 0 Å². The standard InChI is InChI=1S/C16H12N2O11S3.2Na/c19-12-7-11(31(24,25)26)5-8-6-13(32(27,28)29)15(16(20)14(8)12)18-17-9-1-3-10(4-2-9)30(21,22)23;;/h1-7,19-20H,(H,21,22,23)(H,24,25,26)(H,27,28,29);;/q;2*+1/p-3. The Morgan fingerprint density at radius 2 is 1.21 bits per heavy atom. The third kappa shape index (κ3) is 6.74. The Morgan fingerprint density at radius 3 is 1.68 bits per heavy atom. The van der Waals surface area contributed by atoms with Crippen molar-refractivity contribution in [2.75, 3.05) is 0 Å². The number of benzene rings is 3. The van der Waals surface area contributed by atoms with Gasteiger partial charge in [-0.25, -0.2) is 25.3 Å². The number of azo groups is 1. The minimum absolute atomic E-state index is 0.